The number of nitrogens with two attached hydrogens (primary N) is 1. The smallest absolute Gasteiger partial charge is 0.0503 e. The molecule has 1 rings (SSSR count). The van der Waals surface area contributed by atoms with E-state index < -0.39 is 0 Å². The molecule has 0 saturated heterocycles. The molecule has 0 aliphatic rings. The summed E-state index contributed by atoms with van der Waals surface area (Å²) in [7, 11) is 0. The van der Waals surface area contributed by atoms with Gasteiger partial charge >= 0.3 is 0 Å². The van der Waals surface area contributed by atoms with Gasteiger partial charge in [0.25, 0.3) is 0 Å². The Hall–Kier alpha value is -0.0600. The highest BCUT2D eigenvalue weighted by atomic mass is 79.9. The lowest BCUT2D eigenvalue weighted by atomic mass is 10.4. The number of pyridine rings is 1. The summed E-state index contributed by atoms with van der Waals surface area (Å²) in [6.45, 7) is 0.779. The average molecular weight is 261 g/mol. The first-order chi connectivity index (χ1) is 6.33. The fourth-order valence-corrected chi connectivity index (χ4v) is 1.98. The van der Waals surface area contributed by atoms with Crippen molar-refractivity contribution in [2.24, 2.45) is 5.73 Å². The van der Waals surface area contributed by atoms with Crippen molar-refractivity contribution < 1.29 is 0 Å². The lowest BCUT2D eigenvalue weighted by molar-refractivity contribution is 0.942. The van der Waals surface area contributed by atoms with E-state index in [2.05, 4.69) is 20.9 Å². The van der Waals surface area contributed by atoms with Gasteiger partial charge in [-0.3, -0.25) is 4.98 Å². The standard InChI is InChI=1S/C9H13BrN2S/c10-8-2-3-9(12-6-8)7-13-5-1-4-11/h2-3,6H,1,4-5,7,11H2. The van der Waals surface area contributed by atoms with E-state index in [0.29, 0.717) is 0 Å². The average Bonchev–Trinajstić information content (AvgIpc) is 2.15. The third-order valence-corrected chi connectivity index (χ3v) is 3.08. The quantitative estimate of drug-likeness (QED) is 0.827. The minimum absolute atomic E-state index is 0.779. The molecule has 0 spiro atoms. The first kappa shape index (κ1) is 11.0. The fourth-order valence-electron chi connectivity index (χ4n) is 0.854. The second-order valence-corrected chi connectivity index (χ2v) is 4.68. The Morgan fingerprint density at radius 2 is 2.31 bits per heavy atom. The summed E-state index contributed by atoms with van der Waals surface area (Å²) < 4.78 is 1.03. The molecule has 1 heterocycles. The maximum absolute atomic E-state index is 5.39. The zero-order valence-corrected chi connectivity index (χ0v) is 9.77. The van der Waals surface area contributed by atoms with E-state index in [4.69, 9.17) is 5.73 Å². The molecule has 2 nitrogen and oxygen atoms in total. The van der Waals surface area contributed by atoms with Crippen LogP contribution in [0.15, 0.2) is 22.8 Å². The summed E-state index contributed by atoms with van der Waals surface area (Å²) in [4.78, 5) is 4.28. The predicted molar refractivity (Wildman–Crippen MR) is 61.8 cm³/mol. The number of thioether (sulfide) groups is 1. The molecule has 0 bridgehead atoms. The molecule has 0 radical (unpaired) electrons. The van der Waals surface area contributed by atoms with Gasteiger partial charge in [-0.15, -0.1) is 0 Å². The van der Waals surface area contributed by atoms with E-state index in [-0.39, 0.29) is 0 Å². The molecular formula is C9H13BrN2S. The summed E-state index contributed by atoms with van der Waals surface area (Å²) >= 11 is 5.23. The molecule has 0 amide bonds. The van der Waals surface area contributed by atoms with Gasteiger partial charge in [0.05, 0.1) is 5.69 Å². The van der Waals surface area contributed by atoms with Crippen LogP contribution in [0.25, 0.3) is 0 Å². The second-order valence-electron chi connectivity index (χ2n) is 2.66. The Kier molecular flexibility index (Phi) is 5.43. The Morgan fingerprint density at radius 1 is 1.46 bits per heavy atom. The summed E-state index contributed by atoms with van der Waals surface area (Å²) in [5.41, 5.74) is 6.52. The first-order valence-corrected chi connectivity index (χ1v) is 6.16. The molecule has 0 aliphatic heterocycles. The molecular weight excluding hydrogens is 248 g/mol. The molecule has 1 aromatic rings. The molecule has 0 aliphatic carbocycles. The predicted octanol–water partition coefficient (Wildman–Crippen LogP) is 2.43. The van der Waals surface area contributed by atoms with Crippen molar-refractivity contribution in [2.75, 3.05) is 12.3 Å². The van der Waals surface area contributed by atoms with E-state index in [0.717, 1.165) is 34.6 Å². The van der Waals surface area contributed by atoms with E-state index in [1.807, 2.05) is 30.1 Å². The molecule has 13 heavy (non-hydrogen) atoms. The van der Waals surface area contributed by atoms with Gasteiger partial charge in [-0.25, -0.2) is 0 Å². The Morgan fingerprint density at radius 3 is 2.92 bits per heavy atom. The van der Waals surface area contributed by atoms with Gasteiger partial charge in [0, 0.05) is 16.4 Å². The van der Waals surface area contributed by atoms with Crippen LogP contribution in [0.1, 0.15) is 12.1 Å². The van der Waals surface area contributed by atoms with Gasteiger partial charge in [0.2, 0.25) is 0 Å². The molecule has 0 unspecified atom stereocenters. The summed E-state index contributed by atoms with van der Waals surface area (Å²) in [5, 5.41) is 0. The van der Waals surface area contributed by atoms with E-state index in [1.54, 1.807) is 0 Å². The maximum Gasteiger partial charge on any atom is 0.0503 e. The molecule has 0 atom stereocenters. The van der Waals surface area contributed by atoms with Crippen molar-refractivity contribution in [1.29, 1.82) is 0 Å². The molecule has 0 fully saturated rings. The van der Waals surface area contributed by atoms with Crippen LogP contribution in [0, 0.1) is 0 Å². The lowest BCUT2D eigenvalue weighted by Crippen LogP contribution is -1.99. The Labute approximate surface area is 91.4 Å². The highest BCUT2D eigenvalue weighted by Gasteiger charge is 1.94. The van der Waals surface area contributed by atoms with Crippen molar-refractivity contribution in [1.82, 2.24) is 4.98 Å². The van der Waals surface area contributed by atoms with Gasteiger partial charge in [-0.2, -0.15) is 11.8 Å². The van der Waals surface area contributed by atoms with Gasteiger partial charge in [-0.1, -0.05) is 0 Å². The monoisotopic (exact) mass is 260 g/mol. The van der Waals surface area contributed by atoms with Crippen LogP contribution in [0.3, 0.4) is 0 Å². The van der Waals surface area contributed by atoms with Crippen LogP contribution >= 0.6 is 27.7 Å². The van der Waals surface area contributed by atoms with Gasteiger partial charge in [0.15, 0.2) is 0 Å². The van der Waals surface area contributed by atoms with Gasteiger partial charge in [0.1, 0.15) is 0 Å². The van der Waals surface area contributed by atoms with Crippen molar-refractivity contribution >= 4 is 27.7 Å². The normalized spacial score (nSPS) is 10.3. The van der Waals surface area contributed by atoms with Crippen LogP contribution in [-0.4, -0.2) is 17.3 Å². The summed E-state index contributed by atoms with van der Waals surface area (Å²) in [6, 6.07) is 4.06. The topological polar surface area (TPSA) is 38.9 Å². The minimum Gasteiger partial charge on any atom is -0.330 e. The Balaban J connectivity index is 2.25. The highest BCUT2D eigenvalue weighted by molar-refractivity contribution is 9.10. The number of hydrogen-bond donors (Lipinski definition) is 1. The number of nitrogens with zero attached hydrogens (tertiary/aromatic N) is 1. The second kappa shape index (κ2) is 6.40. The molecule has 2 N–H and O–H groups in total. The van der Waals surface area contributed by atoms with Gasteiger partial charge in [-0.05, 0) is 46.8 Å². The van der Waals surface area contributed by atoms with Crippen molar-refractivity contribution in [3.63, 3.8) is 0 Å². The van der Waals surface area contributed by atoms with Gasteiger partial charge < -0.3 is 5.73 Å². The van der Waals surface area contributed by atoms with Crippen LogP contribution in [0.4, 0.5) is 0 Å². The summed E-state index contributed by atoms with van der Waals surface area (Å²) in [6.07, 6.45) is 2.92. The van der Waals surface area contributed by atoms with Crippen molar-refractivity contribution in [3.05, 3.63) is 28.5 Å². The van der Waals surface area contributed by atoms with E-state index >= 15 is 0 Å². The third-order valence-electron chi connectivity index (χ3n) is 1.53. The summed E-state index contributed by atoms with van der Waals surface area (Å²) in [5.74, 6) is 2.10. The molecule has 1 aromatic heterocycles. The van der Waals surface area contributed by atoms with Crippen molar-refractivity contribution in [3.8, 4) is 0 Å². The van der Waals surface area contributed by atoms with E-state index in [9.17, 15) is 0 Å². The van der Waals surface area contributed by atoms with Crippen LogP contribution in [0.5, 0.6) is 0 Å². The molecule has 72 valence electrons. The van der Waals surface area contributed by atoms with Crippen LogP contribution < -0.4 is 5.73 Å². The van der Waals surface area contributed by atoms with Crippen LogP contribution in [-0.2, 0) is 5.75 Å². The zero-order chi connectivity index (χ0) is 9.52. The molecule has 0 aromatic carbocycles. The maximum atomic E-state index is 5.39. The Bertz CT molecular complexity index is 238. The largest absolute Gasteiger partial charge is 0.330 e. The fraction of sp³-hybridized carbons (Fsp3) is 0.444. The number of aromatic nitrogens is 1. The molecule has 0 saturated carbocycles. The SMILES string of the molecule is NCCCSCc1ccc(Br)cn1. The van der Waals surface area contributed by atoms with Crippen molar-refractivity contribution in [2.45, 2.75) is 12.2 Å². The highest BCUT2D eigenvalue weighted by Crippen LogP contribution is 2.13. The number of hydrogen-bond acceptors (Lipinski definition) is 3. The first-order valence-electron chi connectivity index (χ1n) is 4.21. The number of halogens is 1. The zero-order valence-electron chi connectivity index (χ0n) is 7.37. The van der Waals surface area contributed by atoms with E-state index in [1.165, 1.54) is 0 Å². The minimum atomic E-state index is 0.779. The third kappa shape index (κ3) is 4.64. The lowest BCUT2D eigenvalue weighted by Gasteiger charge is -1.99. The van der Waals surface area contributed by atoms with Crippen LogP contribution in [0.2, 0.25) is 0 Å². The number of rotatable bonds is 5. The molecule has 4 heteroatoms.